The zero-order valence-corrected chi connectivity index (χ0v) is 50.3. The normalized spacial score (nSPS) is 26.4. The third kappa shape index (κ3) is 15.7. The predicted molar refractivity (Wildman–Crippen MR) is 310 cm³/mol. The average molecular weight is 1140 g/mol. The van der Waals surface area contributed by atoms with Crippen LogP contribution in [0.15, 0.2) is 60.7 Å². The molecule has 0 saturated carbocycles. The van der Waals surface area contributed by atoms with E-state index in [1.807, 2.05) is 52.0 Å². The Morgan fingerprint density at radius 3 is 1.91 bits per heavy atom. The molecule has 2 fully saturated rings. The summed E-state index contributed by atoms with van der Waals surface area (Å²) in [5.74, 6) is -8.61. The number of aliphatic hydroxyl groups is 2. The number of phenolic OH excluding ortho intramolecular Hbond substituents is 1. The van der Waals surface area contributed by atoms with Crippen LogP contribution in [0.1, 0.15) is 144 Å². The van der Waals surface area contributed by atoms with Crippen molar-refractivity contribution in [1.82, 2.24) is 36.0 Å². The van der Waals surface area contributed by atoms with Crippen LogP contribution in [-0.2, 0) is 44.7 Å². The third-order valence-electron chi connectivity index (χ3n) is 16.7. The topological polar surface area (TPSA) is 294 Å². The summed E-state index contributed by atoms with van der Waals surface area (Å²) in [6.45, 7) is 22.1. The first-order chi connectivity index (χ1) is 38.5. The Morgan fingerprint density at radius 1 is 0.756 bits per heavy atom. The van der Waals surface area contributed by atoms with Gasteiger partial charge in [-0.15, -0.1) is 0 Å². The van der Waals surface area contributed by atoms with Crippen molar-refractivity contribution in [2.45, 2.75) is 195 Å². The lowest BCUT2D eigenvalue weighted by molar-refractivity contribution is -0.385. The highest BCUT2D eigenvalue weighted by molar-refractivity contribution is 5.99. The first-order valence-corrected chi connectivity index (χ1v) is 28.9. The number of aliphatic hydroxyl groups excluding tert-OH is 2. The molecule has 2 aliphatic heterocycles. The van der Waals surface area contributed by atoms with Gasteiger partial charge < -0.3 is 56.0 Å². The fourth-order valence-electron chi connectivity index (χ4n) is 11.0. The summed E-state index contributed by atoms with van der Waals surface area (Å²) in [7, 11) is 2.68. The van der Waals surface area contributed by atoms with E-state index < -0.39 is 131 Å². The lowest BCUT2D eigenvalue weighted by Crippen LogP contribution is -2.65. The number of epoxide rings is 1. The minimum absolute atomic E-state index is 0.0262. The Labute approximate surface area is 483 Å². The Hall–Kier alpha value is -6.71. The maximum atomic E-state index is 15.6. The number of hydrogen-bond donors (Lipinski definition) is 7. The van der Waals surface area contributed by atoms with Gasteiger partial charge >= 0.3 is 5.69 Å². The molecular formula is C61H90N8O13. The van der Waals surface area contributed by atoms with Gasteiger partial charge in [-0.2, -0.15) is 0 Å². The number of phenols is 1. The van der Waals surface area contributed by atoms with Crippen molar-refractivity contribution in [3.05, 3.63) is 87.5 Å². The molecule has 0 aromatic heterocycles. The second-order valence-electron chi connectivity index (χ2n) is 24.2. The van der Waals surface area contributed by atoms with Crippen LogP contribution in [0, 0.1) is 39.2 Å². The Bertz CT molecular complexity index is 2710. The molecule has 5 rings (SSSR count). The summed E-state index contributed by atoms with van der Waals surface area (Å²) >= 11 is 0. The van der Waals surface area contributed by atoms with E-state index >= 15 is 24.0 Å². The number of allylic oxidation sites excluding steroid dienone is 2. The Balaban J connectivity index is 1.77. The van der Waals surface area contributed by atoms with Gasteiger partial charge in [0.25, 0.3) is 5.91 Å². The van der Waals surface area contributed by atoms with Crippen LogP contribution in [0.4, 0.5) is 5.69 Å². The number of nitro benzene ring substituents is 1. The number of benzene rings is 2. The monoisotopic (exact) mass is 1140 g/mol. The molecule has 82 heavy (non-hydrogen) atoms. The van der Waals surface area contributed by atoms with Crippen molar-refractivity contribution in [3.8, 4) is 5.75 Å². The Kier molecular flexibility index (Phi) is 23.0. The number of aromatic hydroxyl groups is 1. The van der Waals surface area contributed by atoms with E-state index in [-0.39, 0.29) is 60.5 Å². The molecule has 21 heteroatoms. The van der Waals surface area contributed by atoms with Crippen molar-refractivity contribution >= 4 is 52.6 Å². The van der Waals surface area contributed by atoms with E-state index in [2.05, 4.69) is 41.2 Å². The number of nitro groups is 1. The molecule has 0 spiro atoms. The largest absolute Gasteiger partial charge is 0.502 e. The number of nitrogens with zero attached hydrogens (tertiary/aromatic N) is 4. The molecular weight excluding hydrogens is 1050 g/mol. The lowest BCUT2D eigenvalue weighted by Gasteiger charge is -2.43. The zero-order chi connectivity index (χ0) is 61.2. The van der Waals surface area contributed by atoms with E-state index in [9.17, 15) is 35.0 Å². The smallest absolute Gasteiger partial charge is 0.310 e. The SMILES string of the molecule is C/C=C/C[C@@H]1NC(=O)[C@H](CC(C)C)N([C@@H](O)[C@H](C)CC)C(=O)C([C@H](O)[C@@H](C)CC)N(C)C(=O)[C@H](C)NC(=O)[C@H](Cc2ccc(O)c([N+](=O)[O-])c2)NC(=O)[C@H](CC(C)C)N(C)C(=O)[C@H](CC2=CC(C(C)(C)C3CO3)c3ccccc32)NC1=O. The summed E-state index contributed by atoms with van der Waals surface area (Å²) in [4.78, 5) is 121. The molecule has 21 nitrogen and oxygen atoms in total. The summed E-state index contributed by atoms with van der Waals surface area (Å²) < 4.78 is 5.82. The molecule has 452 valence electrons. The van der Waals surface area contributed by atoms with Crippen LogP contribution in [0.5, 0.6) is 5.75 Å². The van der Waals surface area contributed by atoms with Crippen LogP contribution >= 0.6 is 0 Å². The van der Waals surface area contributed by atoms with Gasteiger partial charge in [-0.3, -0.25) is 43.7 Å². The number of nitrogens with one attached hydrogen (secondary N) is 4. The first kappa shape index (κ1) is 66.1. The van der Waals surface area contributed by atoms with E-state index in [4.69, 9.17) is 4.74 Å². The van der Waals surface area contributed by atoms with Gasteiger partial charge in [0, 0.05) is 50.3 Å². The summed E-state index contributed by atoms with van der Waals surface area (Å²) in [5.41, 5.74) is 1.67. The van der Waals surface area contributed by atoms with Crippen LogP contribution in [-0.4, -0.2) is 158 Å². The molecule has 2 heterocycles. The van der Waals surface area contributed by atoms with Gasteiger partial charge in [0.2, 0.25) is 35.4 Å². The minimum Gasteiger partial charge on any atom is -0.502 e. The van der Waals surface area contributed by atoms with Crippen LogP contribution < -0.4 is 21.3 Å². The maximum Gasteiger partial charge on any atom is 0.310 e. The third-order valence-corrected chi connectivity index (χ3v) is 16.7. The van der Waals surface area contributed by atoms with Crippen LogP contribution in [0.25, 0.3) is 5.57 Å². The van der Waals surface area contributed by atoms with Gasteiger partial charge in [-0.25, -0.2) is 0 Å². The van der Waals surface area contributed by atoms with Gasteiger partial charge in [0.05, 0.1) is 23.7 Å². The van der Waals surface area contributed by atoms with Crippen LogP contribution in [0.3, 0.4) is 0 Å². The number of hydrogen-bond acceptors (Lipinski definition) is 13. The molecule has 7 amide bonds. The predicted octanol–water partition coefficient (Wildman–Crippen LogP) is 5.49. The molecule has 2 aromatic carbocycles. The number of carbonyl (C=O) groups excluding carboxylic acids is 7. The van der Waals surface area contributed by atoms with Crippen molar-refractivity contribution < 1.29 is 58.5 Å². The summed E-state index contributed by atoms with van der Waals surface area (Å²) in [5, 5.41) is 58.1. The number of amides is 7. The second-order valence-corrected chi connectivity index (χ2v) is 24.2. The van der Waals surface area contributed by atoms with Crippen molar-refractivity contribution in [1.29, 1.82) is 0 Å². The van der Waals surface area contributed by atoms with Crippen molar-refractivity contribution in [2.75, 3.05) is 20.7 Å². The van der Waals surface area contributed by atoms with Gasteiger partial charge in [-0.1, -0.05) is 124 Å². The van der Waals surface area contributed by atoms with Gasteiger partial charge in [-0.05, 0) is 85.6 Å². The number of rotatable bonds is 19. The number of carbonyl (C=O) groups is 7. The molecule has 13 atom stereocenters. The quantitative estimate of drug-likeness (QED) is 0.0397. The number of likely N-dealkylation sites (N-methyl/N-ethyl adjacent to an activating group) is 2. The highest BCUT2D eigenvalue weighted by Crippen LogP contribution is 2.51. The summed E-state index contributed by atoms with van der Waals surface area (Å²) in [6, 6.07) is 0.808. The second kappa shape index (κ2) is 28.5. The molecule has 1 aliphatic carbocycles. The van der Waals surface area contributed by atoms with Crippen LogP contribution in [0.2, 0.25) is 0 Å². The van der Waals surface area contributed by atoms with Gasteiger partial charge in [0.15, 0.2) is 5.75 Å². The molecule has 2 aromatic rings. The van der Waals surface area contributed by atoms with E-state index in [1.165, 1.54) is 32.0 Å². The van der Waals surface area contributed by atoms with Crippen molar-refractivity contribution in [2.24, 2.45) is 29.1 Å². The molecule has 2 saturated heterocycles. The highest BCUT2D eigenvalue weighted by atomic mass is 16.6. The average Bonchev–Trinajstić information content (AvgIpc) is 3.41. The summed E-state index contributed by atoms with van der Waals surface area (Å²) in [6.07, 6.45) is 2.23. The molecule has 0 radical (unpaired) electrons. The fourth-order valence-corrected chi connectivity index (χ4v) is 11.0. The lowest BCUT2D eigenvalue weighted by atomic mass is 9.74. The van der Waals surface area contributed by atoms with E-state index in [0.717, 1.165) is 38.6 Å². The maximum absolute atomic E-state index is 15.6. The van der Waals surface area contributed by atoms with Crippen molar-refractivity contribution in [3.63, 3.8) is 0 Å². The van der Waals surface area contributed by atoms with E-state index in [0.29, 0.717) is 19.4 Å². The minimum atomic E-state index is -1.76. The first-order valence-electron chi connectivity index (χ1n) is 28.9. The van der Waals surface area contributed by atoms with E-state index in [1.54, 1.807) is 46.8 Å². The van der Waals surface area contributed by atoms with Gasteiger partial charge in [0.1, 0.15) is 48.5 Å². The standard InChI is InChI=1S/C61H90N8O13/c1-15-18-23-43-53(72)65-45(31-39-30-42(61(11,12)50-32-82-50)41-22-20-19-21-40(39)41)59(78)66(13)47(26-33(4)5)55(74)64-44(28-38-24-25-49(70)46(29-38)69(80)81)54(73)62-37(10)58(77)67(14)51(52(71)35(8)16-2)60(79)68(57(76)36(9)17-3)48(27-34(6)7)56(75)63-43/h15,18-22,24-25,29-30,33-37,42-45,47-48,50-52,57,70-71,76H,16-17,23,26-28,31-32H2,1-14H3,(H,62,73)(H,63,75)(H,64,74)(H,65,72)/b18-15+/t35-,36+,37-,42?,43-,44-,45-,47-,48-,50?,51?,52+,57-/m0/s1. The fraction of sp³-hybridized carbons (Fsp3) is 0.623. The Morgan fingerprint density at radius 2 is 1.33 bits per heavy atom. The highest BCUT2D eigenvalue weighted by Gasteiger charge is 2.49. The molecule has 3 unspecified atom stereocenters. The molecule has 7 N–H and O–H groups in total. The number of ether oxygens (including phenoxy) is 1. The molecule has 3 aliphatic rings. The molecule has 0 bridgehead atoms. The zero-order valence-electron chi connectivity index (χ0n) is 50.3. The number of fused-ring (bicyclic) bond motifs is 1.